The molecule has 2 N–H and O–H groups in total. The predicted molar refractivity (Wildman–Crippen MR) is 103 cm³/mol. The first-order chi connectivity index (χ1) is 12.4. The van der Waals surface area contributed by atoms with Crippen molar-refractivity contribution < 1.29 is 9.72 Å². The molecule has 0 heterocycles. The molecule has 26 heavy (non-hydrogen) atoms. The lowest BCUT2D eigenvalue weighted by Gasteiger charge is -2.23. The van der Waals surface area contributed by atoms with Crippen LogP contribution in [0.5, 0.6) is 0 Å². The van der Waals surface area contributed by atoms with E-state index in [1.165, 1.54) is 17.7 Å². The highest BCUT2D eigenvalue weighted by molar-refractivity contribution is 5.94. The summed E-state index contributed by atoms with van der Waals surface area (Å²) in [6.07, 6.45) is 0.984. The molecule has 0 aliphatic carbocycles. The van der Waals surface area contributed by atoms with Crippen molar-refractivity contribution in [1.82, 2.24) is 5.32 Å². The fourth-order valence-corrected chi connectivity index (χ4v) is 2.83. The molecule has 0 radical (unpaired) electrons. The summed E-state index contributed by atoms with van der Waals surface area (Å²) in [5.41, 5.74) is 2.48. The number of nitrogens with one attached hydrogen (secondary N) is 2. The molecule has 6 nitrogen and oxygen atoms in total. The van der Waals surface area contributed by atoms with Crippen LogP contribution in [0.3, 0.4) is 0 Å². The zero-order chi connectivity index (χ0) is 19.1. The number of carbonyl (C=O) groups excluding carboxylic acids is 1. The second-order valence-electron chi connectivity index (χ2n) is 6.52. The van der Waals surface area contributed by atoms with Gasteiger partial charge in [0.2, 0.25) is 5.91 Å². The lowest BCUT2D eigenvalue weighted by Crippen LogP contribution is -2.33. The Bertz CT molecular complexity index is 757. The van der Waals surface area contributed by atoms with Gasteiger partial charge in [-0.3, -0.25) is 14.9 Å². The van der Waals surface area contributed by atoms with E-state index in [0.717, 1.165) is 12.0 Å². The van der Waals surface area contributed by atoms with Crippen molar-refractivity contribution in [3.05, 3.63) is 69.8 Å². The smallest absolute Gasteiger partial charge is 0.292 e. The largest absolute Gasteiger partial charge is 0.319 e. The molecule has 2 rings (SSSR count). The van der Waals surface area contributed by atoms with Crippen molar-refractivity contribution in [2.75, 3.05) is 11.9 Å². The molecule has 0 aliphatic rings. The van der Waals surface area contributed by atoms with Crippen LogP contribution in [0.25, 0.3) is 0 Å². The van der Waals surface area contributed by atoms with Crippen molar-refractivity contribution >= 4 is 17.3 Å². The minimum Gasteiger partial charge on any atom is -0.319 e. The standard InChI is InChI=1S/C20H25N3O3/c1-4-15-9-11-16(12-10-15)20(14(2)3)21-13-19(24)22-17-7-5-6-8-18(17)23(25)26/h5-12,14,20-21H,4,13H2,1-3H3,(H,22,24)/t20-/m1/s1. The second-order valence-corrected chi connectivity index (χ2v) is 6.52. The first-order valence-electron chi connectivity index (χ1n) is 8.77. The SMILES string of the molecule is CCc1ccc([C@H](NCC(=O)Nc2ccccc2[N+](=O)[O-])C(C)C)cc1. The van der Waals surface area contributed by atoms with E-state index in [0.29, 0.717) is 5.92 Å². The zero-order valence-corrected chi connectivity index (χ0v) is 15.4. The number of anilines is 1. The van der Waals surface area contributed by atoms with E-state index in [1.54, 1.807) is 12.1 Å². The molecule has 1 atom stereocenters. The van der Waals surface area contributed by atoms with Crippen molar-refractivity contribution in [3.63, 3.8) is 0 Å². The zero-order valence-electron chi connectivity index (χ0n) is 15.4. The Hall–Kier alpha value is -2.73. The first-order valence-corrected chi connectivity index (χ1v) is 8.77. The fraction of sp³-hybridized carbons (Fsp3) is 0.350. The molecule has 0 aliphatic heterocycles. The minimum atomic E-state index is -0.505. The summed E-state index contributed by atoms with van der Waals surface area (Å²) in [4.78, 5) is 22.8. The quantitative estimate of drug-likeness (QED) is 0.552. The van der Waals surface area contributed by atoms with E-state index in [-0.39, 0.29) is 29.9 Å². The number of hydrogen-bond acceptors (Lipinski definition) is 4. The van der Waals surface area contributed by atoms with E-state index in [1.807, 2.05) is 0 Å². The number of para-hydroxylation sites is 2. The maximum atomic E-state index is 12.2. The molecule has 6 heteroatoms. The van der Waals surface area contributed by atoms with Crippen LogP contribution < -0.4 is 10.6 Å². The normalized spacial score (nSPS) is 12.0. The first kappa shape index (κ1) is 19.6. The van der Waals surface area contributed by atoms with Gasteiger partial charge < -0.3 is 10.6 Å². The Kier molecular flexibility index (Phi) is 6.86. The number of aryl methyl sites for hydroxylation is 1. The third-order valence-corrected chi connectivity index (χ3v) is 4.27. The van der Waals surface area contributed by atoms with Gasteiger partial charge in [0, 0.05) is 12.1 Å². The predicted octanol–water partition coefficient (Wildman–Crippen LogP) is 4.08. The molecule has 2 aromatic rings. The number of amides is 1. The fourth-order valence-electron chi connectivity index (χ4n) is 2.83. The van der Waals surface area contributed by atoms with Gasteiger partial charge in [-0.05, 0) is 29.5 Å². The van der Waals surface area contributed by atoms with Gasteiger partial charge in [0.25, 0.3) is 5.69 Å². The Balaban J connectivity index is 2.02. The molecule has 0 bridgehead atoms. The average Bonchev–Trinajstić information content (AvgIpc) is 2.62. The molecular weight excluding hydrogens is 330 g/mol. The van der Waals surface area contributed by atoms with Gasteiger partial charge in [0.15, 0.2) is 0 Å². The molecule has 0 saturated heterocycles. The highest BCUT2D eigenvalue weighted by Crippen LogP contribution is 2.24. The van der Waals surface area contributed by atoms with Gasteiger partial charge in [-0.2, -0.15) is 0 Å². The van der Waals surface area contributed by atoms with E-state index < -0.39 is 4.92 Å². The summed E-state index contributed by atoms with van der Waals surface area (Å²) in [7, 11) is 0. The maximum absolute atomic E-state index is 12.2. The molecule has 2 aromatic carbocycles. The van der Waals surface area contributed by atoms with E-state index in [4.69, 9.17) is 0 Å². The molecule has 0 aromatic heterocycles. The third-order valence-electron chi connectivity index (χ3n) is 4.27. The van der Waals surface area contributed by atoms with Crippen LogP contribution in [-0.4, -0.2) is 17.4 Å². The maximum Gasteiger partial charge on any atom is 0.292 e. The molecule has 0 saturated carbocycles. The van der Waals surface area contributed by atoms with E-state index in [9.17, 15) is 14.9 Å². The number of carbonyl (C=O) groups is 1. The summed E-state index contributed by atoms with van der Waals surface area (Å²) in [5.74, 6) is -0.0172. The van der Waals surface area contributed by atoms with Crippen LogP contribution in [0.2, 0.25) is 0 Å². The number of nitro groups is 1. The Morgan fingerprint density at radius 3 is 2.35 bits per heavy atom. The summed E-state index contributed by atoms with van der Waals surface area (Å²) >= 11 is 0. The Morgan fingerprint density at radius 1 is 1.12 bits per heavy atom. The minimum absolute atomic E-state index is 0.0254. The highest BCUT2D eigenvalue weighted by atomic mass is 16.6. The van der Waals surface area contributed by atoms with Crippen LogP contribution in [0.4, 0.5) is 11.4 Å². The number of nitro benzene ring substituents is 1. The number of benzene rings is 2. The molecular formula is C20H25N3O3. The van der Waals surface area contributed by atoms with Crippen molar-refractivity contribution in [2.24, 2.45) is 5.92 Å². The van der Waals surface area contributed by atoms with Gasteiger partial charge in [-0.1, -0.05) is 57.2 Å². The van der Waals surface area contributed by atoms with Crippen molar-refractivity contribution in [3.8, 4) is 0 Å². The van der Waals surface area contributed by atoms with Gasteiger partial charge in [-0.25, -0.2) is 0 Å². The van der Waals surface area contributed by atoms with Crippen LogP contribution >= 0.6 is 0 Å². The summed E-state index contributed by atoms with van der Waals surface area (Å²) in [6, 6.07) is 14.5. The third kappa shape index (κ3) is 5.13. The van der Waals surface area contributed by atoms with Crippen molar-refractivity contribution in [1.29, 1.82) is 0 Å². The molecule has 0 unspecified atom stereocenters. The highest BCUT2D eigenvalue weighted by Gasteiger charge is 2.18. The number of nitrogens with zero attached hydrogens (tertiary/aromatic N) is 1. The molecule has 0 spiro atoms. The second kappa shape index (κ2) is 9.10. The Morgan fingerprint density at radius 2 is 1.77 bits per heavy atom. The number of hydrogen-bond donors (Lipinski definition) is 2. The van der Waals surface area contributed by atoms with Crippen LogP contribution in [0, 0.1) is 16.0 Å². The van der Waals surface area contributed by atoms with E-state index >= 15 is 0 Å². The van der Waals surface area contributed by atoms with Gasteiger partial charge in [0.05, 0.1) is 11.5 Å². The molecule has 0 fully saturated rings. The van der Waals surface area contributed by atoms with Gasteiger partial charge >= 0.3 is 0 Å². The van der Waals surface area contributed by atoms with Gasteiger partial charge in [-0.15, -0.1) is 0 Å². The topological polar surface area (TPSA) is 84.3 Å². The molecule has 1 amide bonds. The van der Waals surface area contributed by atoms with E-state index in [2.05, 4.69) is 55.7 Å². The van der Waals surface area contributed by atoms with Crippen molar-refractivity contribution in [2.45, 2.75) is 33.2 Å². The number of rotatable bonds is 8. The monoisotopic (exact) mass is 355 g/mol. The summed E-state index contributed by atoms with van der Waals surface area (Å²) in [6.45, 7) is 6.36. The molecule has 138 valence electrons. The Labute approximate surface area is 153 Å². The van der Waals surface area contributed by atoms with Gasteiger partial charge in [0.1, 0.15) is 5.69 Å². The average molecular weight is 355 g/mol. The lowest BCUT2D eigenvalue weighted by atomic mass is 9.95. The van der Waals surface area contributed by atoms with Crippen LogP contribution in [0.15, 0.2) is 48.5 Å². The van der Waals surface area contributed by atoms with Crippen LogP contribution in [-0.2, 0) is 11.2 Å². The summed E-state index contributed by atoms with van der Waals surface area (Å²) in [5, 5.41) is 16.9. The van der Waals surface area contributed by atoms with Crippen LogP contribution in [0.1, 0.15) is 37.9 Å². The lowest BCUT2D eigenvalue weighted by molar-refractivity contribution is -0.383. The summed E-state index contributed by atoms with van der Waals surface area (Å²) < 4.78 is 0.